The molecule has 3 heterocycles. The normalized spacial score (nSPS) is 16.3. The van der Waals surface area contributed by atoms with Crippen molar-refractivity contribution in [3.8, 4) is 5.88 Å². The molecule has 0 aromatic carbocycles. The minimum Gasteiger partial charge on any atom is -0.353 e. The molecule has 0 unspecified atom stereocenters. The second kappa shape index (κ2) is 7.27. The lowest BCUT2D eigenvalue weighted by molar-refractivity contribution is -0.136. The Morgan fingerprint density at radius 2 is 1.72 bits per heavy atom. The van der Waals surface area contributed by atoms with Crippen LogP contribution in [0.2, 0.25) is 0 Å². The number of rotatable bonds is 3. The van der Waals surface area contributed by atoms with E-state index in [0.29, 0.717) is 19.0 Å². The Bertz CT molecular complexity index is 1040. The highest BCUT2D eigenvalue weighted by atomic mass is 32.2. The largest absolute Gasteiger partial charge is 0.534 e. The first-order valence-corrected chi connectivity index (χ1v) is 10.2. The molecule has 3 rings (SSSR count). The Labute approximate surface area is 163 Å². The van der Waals surface area contributed by atoms with Gasteiger partial charge in [0.2, 0.25) is 0 Å². The van der Waals surface area contributed by atoms with Gasteiger partial charge in [0.05, 0.1) is 6.20 Å². The number of hydrogen-bond acceptors (Lipinski definition) is 7. The van der Waals surface area contributed by atoms with E-state index >= 15 is 0 Å². The standard InChI is InChI=1S/C14H11F6N3O4S2/c15-13(16,17)8-9-11(28-10(8)12(24)23-4-2-1-3-5-23)22-7(6-21-9)27-29(25,26)14(18,19)20/h6H,1-5H2. The maximum absolute atomic E-state index is 13.6. The monoisotopic (exact) mass is 463 g/mol. The fourth-order valence-electron chi connectivity index (χ4n) is 2.71. The van der Waals surface area contributed by atoms with Crippen molar-refractivity contribution in [3.05, 3.63) is 16.6 Å². The molecule has 0 spiro atoms. The minimum absolute atomic E-state index is 0.259. The van der Waals surface area contributed by atoms with E-state index < -0.39 is 54.4 Å². The number of carbonyl (C=O) groups is 1. The number of likely N-dealkylation sites (tertiary alicyclic amines) is 1. The molecule has 1 amide bonds. The summed E-state index contributed by atoms with van der Waals surface area (Å²) in [7, 11) is -6.08. The molecule has 1 saturated heterocycles. The summed E-state index contributed by atoms with van der Waals surface area (Å²) in [5.41, 5.74) is -7.91. The summed E-state index contributed by atoms with van der Waals surface area (Å²) in [6.07, 6.45) is -2.58. The molecule has 160 valence electrons. The van der Waals surface area contributed by atoms with Gasteiger partial charge in [-0.05, 0) is 19.3 Å². The van der Waals surface area contributed by atoms with Crippen molar-refractivity contribution in [3.63, 3.8) is 0 Å². The number of amides is 1. The number of halogens is 6. The van der Waals surface area contributed by atoms with Crippen molar-refractivity contribution in [2.24, 2.45) is 0 Å². The van der Waals surface area contributed by atoms with Gasteiger partial charge < -0.3 is 9.08 Å². The van der Waals surface area contributed by atoms with Crippen LogP contribution in [0.25, 0.3) is 10.3 Å². The van der Waals surface area contributed by atoms with Gasteiger partial charge in [0.15, 0.2) is 0 Å². The second-order valence-corrected chi connectivity index (χ2v) is 8.54. The van der Waals surface area contributed by atoms with Crippen LogP contribution in [-0.4, -0.2) is 47.8 Å². The first-order valence-electron chi connectivity index (χ1n) is 7.98. The Hall–Kier alpha value is -2.16. The number of carbonyl (C=O) groups excluding carboxylic acids is 1. The van der Waals surface area contributed by atoms with Gasteiger partial charge in [-0.1, -0.05) is 0 Å². The smallest absolute Gasteiger partial charge is 0.353 e. The average Bonchev–Trinajstić information content (AvgIpc) is 2.99. The number of hydrogen-bond donors (Lipinski definition) is 0. The molecule has 0 aliphatic carbocycles. The summed E-state index contributed by atoms with van der Waals surface area (Å²) < 4.78 is 104. The number of aromatic nitrogens is 2. The van der Waals surface area contributed by atoms with E-state index in [4.69, 9.17) is 0 Å². The third-order valence-corrected chi connectivity index (χ3v) is 6.00. The van der Waals surface area contributed by atoms with Gasteiger partial charge in [0, 0.05) is 13.1 Å². The van der Waals surface area contributed by atoms with Crippen LogP contribution < -0.4 is 4.18 Å². The van der Waals surface area contributed by atoms with Gasteiger partial charge in [-0.2, -0.15) is 39.7 Å². The topological polar surface area (TPSA) is 89.5 Å². The lowest BCUT2D eigenvalue weighted by Gasteiger charge is -2.26. The molecule has 1 aliphatic heterocycles. The van der Waals surface area contributed by atoms with Crippen LogP contribution >= 0.6 is 11.3 Å². The number of nitrogens with zero attached hydrogens (tertiary/aromatic N) is 3. The summed E-state index contributed by atoms with van der Waals surface area (Å²) in [6.45, 7) is 0.535. The summed E-state index contributed by atoms with van der Waals surface area (Å²) in [4.78, 5) is 19.3. The van der Waals surface area contributed by atoms with Crippen LogP contribution in [-0.2, 0) is 16.3 Å². The van der Waals surface area contributed by atoms with Gasteiger partial charge >= 0.3 is 21.8 Å². The first kappa shape index (κ1) is 21.5. The van der Waals surface area contributed by atoms with Crippen molar-refractivity contribution < 1.29 is 43.7 Å². The fraction of sp³-hybridized carbons (Fsp3) is 0.500. The lowest BCUT2D eigenvalue weighted by atomic mass is 10.1. The SMILES string of the molecule is O=C(c1sc2nc(OS(=O)(=O)C(F)(F)F)cnc2c1C(F)(F)F)N1CCCCC1. The van der Waals surface area contributed by atoms with Gasteiger partial charge in [0.25, 0.3) is 11.8 Å². The zero-order valence-corrected chi connectivity index (χ0v) is 15.8. The van der Waals surface area contributed by atoms with Crippen molar-refractivity contribution in [1.82, 2.24) is 14.9 Å². The molecule has 1 aliphatic rings. The fourth-order valence-corrected chi connectivity index (χ4v) is 4.22. The van der Waals surface area contributed by atoms with E-state index in [0.717, 1.165) is 6.42 Å². The summed E-state index contributed by atoms with van der Waals surface area (Å²) in [5.74, 6) is -2.06. The number of fused-ring (bicyclic) bond motifs is 1. The Kier molecular flexibility index (Phi) is 5.40. The molecule has 0 N–H and O–H groups in total. The minimum atomic E-state index is -6.08. The van der Waals surface area contributed by atoms with Crippen LogP contribution in [0, 0.1) is 0 Å². The second-order valence-electron chi connectivity index (χ2n) is 6.00. The van der Waals surface area contributed by atoms with Crippen molar-refractivity contribution >= 4 is 37.7 Å². The van der Waals surface area contributed by atoms with Crippen LogP contribution in [0.1, 0.15) is 34.5 Å². The predicted molar refractivity (Wildman–Crippen MR) is 87.8 cm³/mol. The van der Waals surface area contributed by atoms with Crippen LogP contribution in [0.3, 0.4) is 0 Å². The van der Waals surface area contributed by atoms with E-state index in [9.17, 15) is 39.6 Å². The van der Waals surface area contributed by atoms with E-state index in [1.165, 1.54) is 4.90 Å². The van der Waals surface area contributed by atoms with Crippen molar-refractivity contribution in [2.75, 3.05) is 13.1 Å². The quantitative estimate of drug-likeness (QED) is 0.393. The highest BCUT2D eigenvalue weighted by Crippen LogP contribution is 2.42. The molecular weight excluding hydrogens is 452 g/mol. The van der Waals surface area contributed by atoms with Gasteiger partial charge in [-0.3, -0.25) is 4.79 Å². The lowest BCUT2D eigenvalue weighted by Crippen LogP contribution is -2.36. The molecule has 1 fully saturated rings. The molecule has 15 heteroatoms. The number of thiophene rings is 1. The summed E-state index contributed by atoms with van der Waals surface area (Å²) in [5, 5.41) is 0. The molecule has 0 radical (unpaired) electrons. The summed E-state index contributed by atoms with van der Waals surface area (Å²) in [6, 6.07) is 0. The highest BCUT2D eigenvalue weighted by molar-refractivity contribution is 7.87. The van der Waals surface area contributed by atoms with Gasteiger partial charge in [-0.25, -0.2) is 4.98 Å². The maximum Gasteiger partial charge on any atom is 0.534 e. The first-order chi connectivity index (χ1) is 13.3. The van der Waals surface area contributed by atoms with Gasteiger partial charge in [0.1, 0.15) is 20.8 Å². The molecular formula is C14H11F6N3O4S2. The Morgan fingerprint density at radius 1 is 1.10 bits per heavy atom. The van der Waals surface area contributed by atoms with E-state index in [1.807, 2.05) is 0 Å². The van der Waals surface area contributed by atoms with E-state index in [2.05, 4.69) is 14.2 Å². The van der Waals surface area contributed by atoms with Crippen molar-refractivity contribution in [2.45, 2.75) is 30.9 Å². The van der Waals surface area contributed by atoms with E-state index in [-0.39, 0.29) is 24.4 Å². The third kappa shape index (κ3) is 4.24. The predicted octanol–water partition coefficient (Wildman–Crippen LogP) is 3.56. The molecule has 29 heavy (non-hydrogen) atoms. The molecule has 7 nitrogen and oxygen atoms in total. The molecule has 0 saturated carbocycles. The molecule has 2 aromatic rings. The van der Waals surface area contributed by atoms with E-state index in [1.54, 1.807) is 0 Å². The van der Waals surface area contributed by atoms with Gasteiger partial charge in [-0.15, -0.1) is 11.3 Å². The molecule has 2 aromatic heterocycles. The van der Waals surface area contributed by atoms with Crippen LogP contribution in [0.5, 0.6) is 5.88 Å². The average molecular weight is 463 g/mol. The third-order valence-electron chi connectivity index (χ3n) is 3.98. The zero-order chi connectivity index (χ0) is 21.6. The molecule has 0 bridgehead atoms. The zero-order valence-electron chi connectivity index (χ0n) is 14.2. The number of alkyl halides is 6. The Balaban J connectivity index is 2.07. The highest BCUT2D eigenvalue weighted by Gasteiger charge is 2.49. The van der Waals surface area contributed by atoms with Crippen molar-refractivity contribution in [1.29, 1.82) is 0 Å². The maximum atomic E-state index is 13.6. The Morgan fingerprint density at radius 3 is 2.28 bits per heavy atom. The summed E-state index contributed by atoms with van der Waals surface area (Å²) >= 11 is 0.259. The van der Waals surface area contributed by atoms with Crippen LogP contribution in [0.4, 0.5) is 26.3 Å². The molecule has 0 atom stereocenters. The van der Waals surface area contributed by atoms with Crippen LogP contribution in [0.15, 0.2) is 6.20 Å². The number of piperidine rings is 1.